The summed E-state index contributed by atoms with van der Waals surface area (Å²) >= 11 is 0. The van der Waals surface area contributed by atoms with Gasteiger partial charge in [0.1, 0.15) is 5.82 Å². The highest BCUT2D eigenvalue weighted by atomic mass is 19.1. The van der Waals surface area contributed by atoms with Crippen molar-refractivity contribution in [1.82, 2.24) is 30.1 Å². The average molecular weight is 430 g/mol. The van der Waals surface area contributed by atoms with Crippen molar-refractivity contribution < 1.29 is 9.18 Å². The summed E-state index contributed by atoms with van der Waals surface area (Å²) in [7, 11) is 0. The SMILES string of the molecule is Cc1nn(-c2ccccc2)nc1C(=O)N1CCC[C@H](c2cc(-c3ccc(F)cc3)n[nH]2)C1. The Balaban J connectivity index is 1.33. The molecule has 162 valence electrons. The fourth-order valence-corrected chi connectivity index (χ4v) is 4.13. The quantitative estimate of drug-likeness (QED) is 0.528. The molecule has 1 saturated heterocycles. The van der Waals surface area contributed by atoms with Gasteiger partial charge in [-0.1, -0.05) is 18.2 Å². The number of aryl methyl sites for hydroxylation is 1. The number of aromatic nitrogens is 5. The second-order valence-electron chi connectivity index (χ2n) is 8.06. The van der Waals surface area contributed by atoms with E-state index in [4.69, 9.17) is 0 Å². The summed E-state index contributed by atoms with van der Waals surface area (Å²) in [6.07, 6.45) is 1.86. The summed E-state index contributed by atoms with van der Waals surface area (Å²) < 4.78 is 13.2. The summed E-state index contributed by atoms with van der Waals surface area (Å²) in [5, 5.41) is 16.4. The molecule has 1 atom stereocenters. The van der Waals surface area contributed by atoms with Gasteiger partial charge < -0.3 is 4.90 Å². The number of aromatic amines is 1. The van der Waals surface area contributed by atoms with Gasteiger partial charge in [-0.25, -0.2) is 4.39 Å². The molecule has 1 aliphatic heterocycles. The van der Waals surface area contributed by atoms with Crippen LogP contribution in [0.3, 0.4) is 0 Å². The smallest absolute Gasteiger partial charge is 0.276 e. The van der Waals surface area contributed by atoms with Crippen LogP contribution in [0.25, 0.3) is 16.9 Å². The molecule has 4 aromatic rings. The van der Waals surface area contributed by atoms with Crippen molar-refractivity contribution in [1.29, 1.82) is 0 Å². The molecule has 7 nitrogen and oxygen atoms in total. The summed E-state index contributed by atoms with van der Waals surface area (Å²) in [6.45, 7) is 3.08. The predicted molar refractivity (Wildman–Crippen MR) is 118 cm³/mol. The monoisotopic (exact) mass is 430 g/mol. The third kappa shape index (κ3) is 3.91. The van der Waals surface area contributed by atoms with Crippen molar-refractivity contribution in [3.63, 3.8) is 0 Å². The van der Waals surface area contributed by atoms with Gasteiger partial charge in [0.15, 0.2) is 5.69 Å². The van der Waals surface area contributed by atoms with Gasteiger partial charge in [0.25, 0.3) is 5.91 Å². The first-order chi connectivity index (χ1) is 15.6. The minimum atomic E-state index is -0.273. The van der Waals surface area contributed by atoms with E-state index in [1.807, 2.05) is 48.2 Å². The molecule has 2 aromatic heterocycles. The minimum Gasteiger partial charge on any atom is -0.337 e. The van der Waals surface area contributed by atoms with E-state index in [1.54, 1.807) is 12.1 Å². The molecule has 5 rings (SSSR count). The Kier molecular flexibility index (Phi) is 5.26. The van der Waals surface area contributed by atoms with E-state index < -0.39 is 0 Å². The Morgan fingerprint density at radius 3 is 2.66 bits per heavy atom. The summed E-state index contributed by atoms with van der Waals surface area (Å²) in [6, 6.07) is 17.8. The zero-order valence-electron chi connectivity index (χ0n) is 17.7. The number of carbonyl (C=O) groups excluding carboxylic acids is 1. The van der Waals surface area contributed by atoms with Crippen molar-refractivity contribution >= 4 is 5.91 Å². The normalized spacial score (nSPS) is 16.3. The third-order valence-electron chi connectivity index (χ3n) is 5.86. The van der Waals surface area contributed by atoms with Gasteiger partial charge >= 0.3 is 0 Å². The molecule has 3 heterocycles. The van der Waals surface area contributed by atoms with Crippen LogP contribution in [-0.2, 0) is 0 Å². The van der Waals surface area contributed by atoms with Crippen LogP contribution in [-0.4, -0.2) is 49.1 Å². The molecular formula is C24H23FN6O. The van der Waals surface area contributed by atoms with Crippen molar-refractivity contribution in [3.05, 3.63) is 83.6 Å². The van der Waals surface area contributed by atoms with Crippen LogP contribution < -0.4 is 0 Å². The molecule has 1 amide bonds. The lowest BCUT2D eigenvalue weighted by molar-refractivity contribution is 0.0698. The predicted octanol–water partition coefficient (Wildman–Crippen LogP) is 4.12. The van der Waals surface area contributed by atoms with E-state index in [9.17, 15) is 9.18 Å². The Bertz CT molecular complexity index is 1230. The topological polar surface area (TPSA) is 79.7 Å². The minimum absolute atomic E-state index is 0.104. The van der Waals surface area contributed by atoms with Crippen LogP contribution in [0.1, 0.15) is 40.6 Å². The molecule has 0 spiro atoms. The van der Waals surface area contributed by atoms with E-state index in [1.165, 1.54) is 16.9 Å². The van der Waals surface area contributed by atoms with Gasteiger partial charge in [0.05, 0.1) is 17.1 Å². The molecule has 8 heteroatoms. The summed E-state index contributed by atoms with van der Waals surface area (Å²) in [5.41, 5.74) is 4.41. The largest absolute Gasteiger partial charge is 0.337 e. The lowest BCUT2D eigenvalue weighted by Crippen LogP contribution is -2.39. The number of carbonyl (C=O) groups is 1. The second kappa shape index (κ2) is 8.37. The maximum absolute atomic E-state index is 13.2. The van der Waals surface area contributed by atoms with E-state index in [-0.39, 0.29) is 17.6 Å². The molecule has 32 heavy (non-hydrogen) atoms. The molecular weight excluding hydrogens is 407 g/mol. The zero-order chi connectivity index (χ0) is 22.1. The molecule has 0 saturated carbocycles. The van der Waals surface area contributed by atoms with Crippen molar-refractivity contribution in [2.24, 2.45) is 0 Å². The van der Waals surface area contributed by atoms with Gasteiger partial charge in [-0.3, -0.25) is 9.89 Å². The Morgan fingerprint density at radius 1 is 1.09 bits per heavy atom. The van der Waals surface area contributed by atoms with E-state index in [2.05, 4.69) is 20.4 Å². The van der Waals surface area contributed by atoms with Gasteiger partial charge in [0.2, 0.25) is 0 Å². The van der Waals surface area contributed by atoms with Crippen LogP contribution in [0.2, 0.25) is 0 Å². The van der Waals surface area contributed by atoms with Crippen molar-refractivity contribution in [2.45, 2.75) is 25.7 Å². The molecule has 0 radical (unpaired) electrons. The third-order valence-corrected chi connectivity index (χ3v) is 5.86. The zero-order valence-corrected chi connectivity index (χ0v) is 17.7. The average Bonchev–Trinajstić information content (AvgIpc) is 3.47. The number of nitrogens with zero attached hydrogens (tertiary/aromatic N) is 5. The summed E-state index contributed by atoms with van der Waals surface area (Å²) in [5.74, 6) is -0.225. The van der Waals surface area contributed by atoms with Gasteiger partial charge in [-0.2, -0.15) is 15.0 Å². The fraction of sp³-hybridized carbons (Fsp3) is 0.250. The van der Waals surface area contributed by atoms with E-state index in [0.717, 1.165) is 35.5 Å². The number of nitrogens with one attached hydrogen (secondary N) is 1. The fourth-order valence-electron chi connectivity index (χ4n) is 4.13. The van der Waals surface area contributed by atoms with E-state index >= 15 is 0 Å². The lowest BCUT2D eigenvalue weighted by atomic mass is 9.94. The number of amides is 1. The number of halogens is 1. The van der Waals surface area contributed by atoms with Crippen molar-refractivity contribution in [2.75, 3.05) is 13.1 Å². The maximum atomic E-state index is 13.2. The molecule has 1 N–H and O–H groups in total. The number of piperidine rings is 1. The molecule has 0 bridgehead atoms. The maximum Gasteiger partial charge on any atom is 0.276 e. The van der Waals surface area contributed by atoms with Gasteiger partial charge in [-0.05, 0) is 62.2 Å². The van der Waals surface area contributed by atoms with E-state index in [0.29, 0.717) is 24.5 Å². The number of rotatable bonds is 4. The lowest BCUT2D eigenvalue weighted by Gasteiger charge is -2.31. The number of H-pyrrole nitrogens is 1. The van der Waals surface area contributed by atoms with Crippen LogP contribution in [0, 0.1) is 12.7 Å². The first-order valence-corrected chi connectivity index (χ1v) is 10.7. The molecule has 1 aliphatic rings. The summed E-state index contributed by atoms with van der Waals surface area (Å²) in [4.78, 5) is 16.6. The molecule has 0 aliphatic carbocycles. The number of para-hydroxylation sites is 1. The number of hydrogen-bond donors (Lipinski definition) is 1. The van der Waals surface area contributed by atoms with Crippen LogP contribution in [0.5, 0.6) is 0 Å². The first kappa shape index (κ1) is 20.1. The Labute approximate surface area is 184 Å². The van der Waals surface area contributed by atoms with Gasteiger partial charge in [0, 0.05) is 30.3 Å². The van der Waals surface area contributed by atoms with Crippen molar-refractivity contribution in [3.8, 4) is 16.9 Å². The van der Waals surface area contributed by atoms with Crippen LogP contribution >= 0.6 is 0 Å². The van der Waals surface area contributed by atoms with Gasteiger partial charge in [-0.15, -0.1) is 5.10 Å². The Morgan fingerprint density at radius 2 is 1.88 bits per heavy atom. The molecule has 0 unspecified atom stereocenters. The second-order valence-corrected chi connectivity index (χ2v) is 8.06. The van der Waals surface area contributed by atoms with Crippen LogP contribution in [0.15, 0.2) is 60.7 Å². The number of benzene rings is 2. The van der Waals surface area contributed by atoms with Crippen LogP contribution in [0.4, 0.5) is 4.39 Å². The molecule has 2 aromatic carbocycles. The highest BCUT2D eigenvalue weighted by Gasteiger charge is 2.29. The molecule has 1 fully saturated rings. The number of likely N-dealkylation sites (tertiary alicyclic amines) is 1. The standard InChI is InChI=1S/C24H23FN6O/c1-16-23(29-31(28-16)20-7-3-2-4-8-20)24(32)30-13-5-6-18(15-30)22-14-21(26-27-22)17-9-11-19(25)12-10-17/h2-4,7-12,14,18H,5-6,13,15H2,1H3,(H,26,27)/t18-/m0/s1. The highest BCUT2D eigenvalue weighted by Crippen LogP contribution is 2.29. The first-order valence-electron chi connectivity index (χ1n) is 10.7. The number of hydrogen-bond acceptors (Lipinski definition) is 4. The highest BCUT2D eigenvalue weighted by molar-refractivity contribution is 5.93. The Hall–Kier alpha value is -3.81.